The molecule has 1 saturated heterocycles. The lowest BCUT2D eigenvalue weighted by Crippen LogP contribution is -2.47. The van der Waals surface area contributed by atoms with Crippen LogP contribution in [0.5, 0.6) is 5.75 Å². The van der Waals surface area contributed by atoms with Crippen LogP contribution in [0.4, 0.5) is 5.69 Å². The number of fused-ring (bicyclic) bond motifs is 2. The standard InChI is InChI=1S/C20H19Cl2NO4/c21-14-7-8-18(16(22)13-14)25-10-3-9-23-17-6-2-1-5-15(17)20(19(23)24)26-11-4-12-27-20/h1-2,5-8,13H,3-4,9-12H2. The second-order valence-electron chi connectivity index (χ2n) is 6.42. The molecule has 1 spiro atoms. The molecule has 0 N–H and O–H groups in total. The third-order valence-corrected chi connectivity index (χ3v) is 5.18. The van der Waals surface area contributed by atoms with Crippen LogP contribution in [-0.4, -0.2) is 32.3 Å². The zero-order chi connectivity index (χ0) is 18.9. The Morgan fingerprint density at radius 1 is 1.11 bits per heavy atom. The second-order valence-corrected chi connectivity index (χ2v) is 7.26. The third-order valence-electron chi connectivity index (χ3n) is 4.65. The maximum atomic E-state index is 13.1. The predicted molar refractivity (Wildman–Crippen MR) is 104 cm³/mol. The number of amides is 1. The van der Waals surface area contributed by atoms with Crippen LogP contribution in [0, 0.1) is 0 Å². The van der Waals surface area contributed by atoms with E-state index in [1.165, 1.54) is 0 Å². The van der Waals surface area contributed by atoms with Crippen LogP contribution in [0.15, 0.2) is 42.5 Å². The molecular weight excluding hydrogens is 389 g/mol. The van der Waals surface area contributed by atoms with E-state index in [-0.39, 0.29) is 5.91 Å². The molecule has 4 rings (SSSR count). The Labute approximate surface area is 167 Å². The van der Waals surface area contributed by atoms with E-state index < -0.39 is 5.79 Å². The molecule has 142 valence electrons. The van der Waals surface area contributed by atoms with Crippen molar-refractivity contribution in [2.75, 3.05) is 31.3 Å². The lowest BCUT2D eigenvalue weighted by molar-refractivity contribution is -0.256. The monoisotopic (exact) mass is 407 g/mol. The van der Waals surface area contributed by atoms with E-state index in [1.807, 2.05) is 24.3 Å². The fraction of sp³-hybridized carbons (Fsp3) is 0.350. The molecule has 0 bridgehead atoms. The summed E-state index contributed by atoms with van der Waals surface area (Å²) in [5.74, 6) is -0.896. The number of carbonyl (C=O) groups is 1. The minimum Gasteiger partial charge on any atom is -0.492 e. The average Bonchev–Trinajstić information content (AvgIpc) is 2.90. The fourth-order valence-corrected chi connectivity index (χ4v) is 3.88. The first-order valence-corrected chi connectivity index (χ1v) is 9.65. The Balaban J connectivity index is 1.44. The molecule has 1 fully saturated rings. The van der Waals surface area contributed by atoms with Crippen molar-refractivity contribution in [1.82, 2.24) is 0 Å². The summed E-state index contributed by atoms with van der Waals surface area (Å²) in [6, 6.07) is 12.7. The average molecular weight is 408 g/mol. The smallest absolute Gasteiger partial charge is 0.292 e. The first kappa shape index (κ1) is 18.6. The number of ether oxygens (including phenoxy) is 3. The first-order chi connectivity index (χ1) is 13.1. The quantitative estimate of drug-likeness (QED) is 0.689. The SMILES string of the molecule is O=C1N(CCCOc2ccc(Cl)cc2Cl)c2ccccc2C12OCCCO2. The van der Waals surface area contributed by atoms with E-state index in [0.717, 1.165) is 17.7 Å². The van der Waals surface area contributed by atoms with Crippen LogP contribution in [-0.2, 0) is 20.1 Å². The molecule has 2 aliphatic heterocycles. The molecule has 0 radical (unpaired) electrons. The highest BCUT2D eigenvalue weighted by Gasteiger charge is 2.54. The van der Waals surface area contributed by atoms with Crippen LogP contribution in [0.2, 0.25) is 10.0 Å². The predicted octanol–water partition coefficient (Wildman–Crippen LogP) is 4.40. The summed E-state index contributed by atoms with van der Waals surface area (Å²) in [7, 11) is 0. The lowest BCUT2D eigenvalue weighted by atomic mass is 10.1. The molecule has 2 heterocycles. The number of para-hydroxylation sites is 1. The van der Waals surface area contributed by atoms with Crippen LogP contribution in [0.1, 0.15) is 18.4 Å². The van der Waals surface area contributed by atoms with Gasteiger partial charge in [0.05, 0.1) is 30.5 Å². The van der Waals surface area contributed by atoms with Gasteiger partial charge in [-0.05, 0) is 37.1 Å². The summed E-state index contributed by atoms with van der Waals surface area (Å²) >= 11 is 12.0. The van der Waals surface area contributed by atoms with Crippen molar-refractivity contribution in [2.24, 2.45) is 0 Å². The van der Waals surface area contributed by atoms with Gasteiger partial charge in [-0.2, -0.15) is 0 Å². The van der Waals surface area contributed by atoms with Gasteiger partial charge < -0.3 is 19.1 Å². The van der Waals surface area contributed by atoms with Gasteiger partial charge in [-0.3, -0.25) is 4.79 Å². The van der Waals surface area contributed by atoms with Crippen molar-refractivity contribution in [3.05, 3.63) is 58.1 Å². The summed E-state index contributed by atoms with van der Waals surface area (Å²) in [5.41, 5.74) is 1.60. The van der Waals surface area contributed by atoms with Crippen molar-refractivity contribution in [1.29, 1.82) is 0 Å². The Hall–Kier alpha value is -1.79. The van der Waals surface area contributed by atoms with Crippen molar-refractivity contribution in [3.8, 4) is 5.75 Å². The summed E-state index contributed by atoms with van der Waals surface area (Å²) in [6.45, 7) is 1.93. The van der Waals surface area contributed by atoms with Crippen LogP contribution in [0.3, 0.4) is 0 Å². The number of hydrogen-bond donors (Lipinski definition) is 0. The minimum atomic E-state index is -1.30. The van der Waals surface area contributed by atoms with E-state index >= 15 is 0 Å². The Bertz CT molecular complexity index is 852. The number of nitrogens with zero attached hydrogens (tertiary/aromatic N) is 1. The molecule has 0 atom stereocenters. The molecule has 2 aromatic rings. The van der Waals surface area contributed by atoms with Gasteiger partial charge in [-0.25, -0.2) is 0 Å². The van der Waals surface area contributed by atoms with Gasteiger partial charge in [-0.1, -0.05) is 41.4 Å². The van der Waals surface area contributed by atoms with E-state index in [0.29, 0.717) is 48.6 Å². The van der Waals surface area contributed by atoms with Gasteiger partial charge in [0.1, 0.15) is 5.75 Å². The van der Waals surface area contributed by atoms with E-state index in [2.05, 4.69) is 0 Å². The number of hydrogen-bond acceptors (Lipinski definition) is 4. The van der Waals surface area contributed by atoms with Crippen molar-refractivity contribution < 1.29 is 19.0 Å². The molecule has 2 aromatic carbocycles. The molecule has 7 heteroatoms. The van der Waals surface area contributed by atoms with Crippen LogP contribution >= 0.6 is 23.2 Å². The van der Waals surface area contributed by atoms with Gasteiger partial charge in [0.25, 0.3) is 11.7 Å². The lowest BCUT2D eigenvalue weighted by Gasteiger charge is -2.32. The molecule has 27 heavy (non-hydrogen) atoms. The van der Waals surface area contributed by atoms with Crippen molar-refractivity contribution in [3.63, 3.8) is 0 Å². The molecule has 2 aliphatic rings. The maximum Gasteiger partial charge on any atom is 0.292 e. The molecule has 0 aromatic heterocycles. The normalized spacial score (nSPS) is 18.0. The fourth-order valence-electron chi connectivity index (χ4n) is 3.42. The Kier molecular flexibility index (Phi) is 5.28. The summed E-state index contributed by atoms with van der Waals surface area (Å²) in [5, 5.41) is 1.03. The molecule has 0 aliphatic carbocycles. The summed E-state index contributed by atoms with van der Waals surface area (Å²) < 4.78 is 17.4. The number of rotatable bonds is 5. The van der Waals surface area contributed by atoms with Crippen LogP contribution in [0.25, 0.3) is 0 Å². The third kappa shape index (κ3) is 3.41. The largest absolute Gasteiger partial charge is 0.492 e. The highest BCUT2D eigenvalue weighted by atomic mass is 35.5. The second kappa shape index (κ2) is 7.68. The van der Waals surface area contributed by atoms with Crippen molar-refractivity contribution in [2.45, 2.75) is 18.6 Å². The van der Waals surface area contributed by atoms with Gasteiger partial charge >= 0.3 is 0 Å². The van der Waals surface area contributed by atoms with E-state index in [1.54, 1.807) is 23.1 Å². The molecule has 1 amide bonds. The van der Waals surface area contributed by atoms with Gasteiger partial charge in [0.2, 0.25) is 0 Å². The Morgan fingerprint density at radius 2 is 1.89 bits per heavy atom. The molecule has 0 saturated carbocycles. The van der Waals surface area contributed by atoms with Gasteiger partial charge in [0, 0.05) is 17.1 Å². The van der Waals surface area contributed by atoms with E-state index in [9.17, 15) is 4.79 Å². The summed E-state index contributed by atoms with van der Waals surface area (Å²) in [4.78, 5) is 14.8. The van der Waals surface area contributed by atoms with Gasteiger partial charge in [0.15, 0.2) is 0 Å². The molecule has 0 unspecified atom stereocenters. The highest BCUT2D eigenvalue weighted by Crippen LogP contribution is 2.45. The van der Waals surface area contributed by atoms with Gasteiger partial charge in [-0.15, -0.1) is 0 Å². The highest BCUT2D eigenvalue weighted by molar-refractivity contribution is 6.35. The zero-order valence-electron chi connectivity index (χ0n) is 14.6. The van der Waals surface area contributed by atoms with E-state index in [4.69, 9.17) is 37.4 Å². The van der Waals surface area contributed by atoms with Crippen molar-refractivity contribution >= 4 is 34.8 Å². The number of anilines is 1. The maximum absolute atomic E-state index is 13.1. The number of halogens is 2. The summed E-state index contributed by atoms with van der Waals surface area (Å²) in [6.07, 6.45) is 1.42. The minimum absolute atomic E-state index is 0.173. The number of benzene rings is 2. The van der Waals surface area contributed by atoms with Crippen LogP contribution < -0.4 is 9.64 Å². The topological polar surface area (TPSA) is 48.0 Å². The number of carbonyl (C=O) groups excluding carboxylic acids is 1. The Morgan fingerprint density at radius 3 is 2.67 bits per heavy atom. The first-order valence-electron chi connectivity index (χ1n) is 8.89. The molecule has 5 nitrogen and oxygen atoms in total. The molecular formula is C20H19Cl2NO4. The zero-order valence-corrected chi connectivity index (χ0v) is 16.1.